The Morgan fingerprint density at radius 3 is 1.79 bits per heavy atom. The van der Waals surface area contributed by atoms with Crippen LogP contribution in [0.5, 0.6) is 0 Å². The fraction of sp³-hybridized carbons (Fsp3) is 0. The predicted octanol–water partition coefficient (Wildman–Crippen LogP) is 16.0. The van der Waals surface area contributed by atoms with Gasteiger partial charge in [0, 0.05) is 37.1 Å². The maximum atomic E-state index is 2.44. The molecule has 11 rings (SSSR count). The number of rotatable bonds is 6. The molecular weight excluding hydrogens is 695 g/mol. The first kappa shape index (κ1) is 32.4. The van der Waals surface area contributed by atoms with E-state index in [1.165, 1.54) is 85.9 Å². The van der Waals surface area contributed by atoms with Crippen molar-refractivity contribution < 1.29 is 0 Å². The molecular formula is C54H35NS. The Kier molecular flexibility index (Phi) is 7.75. The molecule has 0 fully saturated rings. The maximum absolute atomic E-state index is 2.44. The van der Waals surface area contributed by atoms with Gasteiger partial charge in [0.25, 0.3) is 0 Å². The SMILES string of the molecule is c1cc(-c2cc3ccccc3c3ccccc23)cc(N(c2ccc(-c3cccc4c3sc3ccccc34)cc2)c2ccccc2-c2cccc3ccccc23)c1. The van der Waals surface area contributed by atoms with E-state index >= 15 is 0 Å². The predicted molar refractivity (Wildman–Crippen MR) is 243 cm³/mol. The molecule has 0 unspecified atom stereocenters. The highest BCUT2D eigenvalue weighted by Crippen LogP contribution is 2.46. The average molecular weight is 730 g/mol. The van der Waals surface area contributed by atoms with Gasteiger partial charge in [0.2, 0.25) is 0 Å². The lowest BCUT2D eigenvalue weighted by molar-refractivity contribution is 1.28. The molecule has 56 heavy (non-hydrogen) atoms. The van der Waals surface area contributed by atoms with Crippen LogP contribution in [0.15, 0.2) is 212 Å². The van der Waals surface area contributed by atoms with Crippen molar-refractivity contribution >= 4 is 80.9 Å². The van der Waals surface area contributed by atoms with Crippen LogP contribution in [0.4, 0.5) is 17.1 Å². The molecule has 262 valence electrons. The number of benzene rings is 10. The minimum absolute atomic E-state index is 1.10. The fourth-order valence-corrected chi connectivity index (χ4v) is 9.89. The van der Waals surface area contributed by atoms with Crippen molar-refractivity contribution in [1.29, 1.82) is 0 Å². The van der Waals surface area contributed by atoms with Gasteiger partial charge in [-0.15, -0.1) is 11.3 Å². The third-order valence-electron chi connectivity index (χ3n) is 11.2. The Hall–Kier alpha value is -7.00. The van der Waals surface area contributed by atoms with Crippen molar-refractivity contribution in [2.24, 2.45) is 0 Å². The van der Waals surface area contributed by atoms with E-state index in [-0.39, 0.29) is 0 Å². The lowest BCUT2D eigenvalue weighted by Crippen LogP contribution is -2.11. The summed E-state index contributed by atoms with van der Waals surface area (Å²) in [5, 5.41) is 10.2. The Labute approximate surface area is 330 Å². The highest BCUT2D eigenvalue weighted by Gasteiger charge is 2.20. The van der Waals surface area contributed by atoms with E-state index in [0.717, 1.165) is 17.1 Å². The van der Waals surface area contributed by atoms with Crippen molar-refractivity contribution in [2.45, 2.75) is 0 Å². The number of nitrogens with zero attached hydrogens (tertiary/aromatic N) is 1. The van der Waals surface area contributed by atoms with Crippen LogP contribution in [0.2, 0.25) is 0 Å². The van der Waals surface area contributed by atoms with Gasteiger partial charge in [-0.25, -0.2) is 0 Å². The number of fused-ring (bicyclic) bond motifs is 7. The van der Waals surface area contributed by atoms with Gasteiger partial charge in [0.1, 0.15) is 0 Å². The van der Waals surface area contributed by atoms with E-state index in [9.17, 15) is 0 Å². The van der Waals surface area contributed by atoms with Gasteiger partial charge in [-0.1, -0.05) is 170 Å². The van der Waals surface area contributed by atoms with Gasteiger partial charge in [-0.05, 0) is 103 Å². The largest absolute Gasteiger partial charge is 0.310 e. The van der Waals surface area contributed by atoms with Crippen LogP contribution in [0.25, 0.3) is 85.9 Å². The summed E-state index contributed by atoms with van der Waals surface area (Å²) in [5.41, 5.74) is 10.6. The van der Waals surface area contributed by atoms with Gasteiger partial charge in [-0.2, -0.15) is 0 Å². The molecule has 0 aliphatic heterocycles. The normalized spacial score (nSPS) is 11.6. The van der Waals surface area contributed by atoms with Crippen molar-refractivity contribution in [3.8, 4) is 33.4 Å². The Balaban J connectivity index is 1.11. The van der Waals surface area contributed by atoms with Crippen LogP contribution in [-0.4, -0.2) is 0 Å². The van der Waals surface area contributed by atoms with Gasteiger partial charge in [0.05, 0.1) is 5.69 Å². The first-order chi connectivity index (χ1) is 27.8. The number of thiophene rings is 1. The molecule has 0 aliphatic carbocycles. The minimum atomic E-state index is 1.10. The number of hydrogen-bond donors (Lipinski definition) is 0. The molecule has 0 amide bonds. The van der Waals surface area contributed by atoms with Crippen LogP contribution in [0.3, 0.4) is 0 Å². The Morgan fingerprint density at radius 2 is 0.911 bits per heavy atom. The van der Waals surface area contributed by atoms with Crippen LogP contribution < -0.4 is 4.90 Å². The molecule has 0 N–H and O–H groups in total. The molecule has 0 spiro atoms. The van der Waals surface area contributed by atoms with Gasteiger partial charge >= 0.3 is 0 Å². The lowest BCUT2D eigenvalue weighted by atomic mass is 9.93. The summed E-state index contributed by atoms with van der Waals surface area (Å²) in [4.78, 5) is 2.44. The van der Waals surface area contributed by atoms with E-state index in [1.807, 2.05) is 11.3 Å². The third-order valence-corrected chi connectivity index (χ3v) is 12.5. The summed E-state index contributed by atoms with van der Waals surface area (Å²) in [6.45, 7) is 0. The molecule has 1 nitrogen and oxygen atoms in total. The Morgan fingerprint density at radius 1 is 0.304 bits per heavy atom. The van der Waals surface area contributed by atoms with E-state index in [4.69, 9.17) is 0 Å². The molecule has 0 atom stereocenters. The first-order valence-electron chi connectivity index (χ1n) is 19.2. The smallest absolute Gasteiger partial charge is 0.0540 e. The fourth-order valence-electron chi connectivity index (χ4n) is 8.65. The van der Waals surface area contributed by atoms with Crippen LogP contribution >= 0.6 is 11.3 Å². The second-order valence-corrected chi connectivity index (χ2v) is 15.5. The van der Waals surface area contributed by atoms with E-state index in [0.29, 0.717) is 0 Å². The maximum Gasteiger partial charge on any atom is 0.0540 e. The van der Waals surface area contributed by atoms with Crippen LogP contribution in [0, 0.1) is 0 Å². The molecule has 0 radical (unpaired) electrons. The quantitative estimate of drug-likeness (QED) is 0.154. The van der Waals surface area contributed by atoms with Crippen molar-refractivity contribution in [2.75, 3.05) is 4.90 Å². The first-order valence-corrected chi connectivity index (χ1v) is 20.0. The lowest BCUT2D eigenvalue weighted by Gasteiger charge is -2.29. The summed E-state index contributed by atoms with van der Waals surface area (Å²) in [7, 11) is 0. The van der Waals surface area contributed by atoms with Crippen LogP contribution in [0.1, 0.15) is 0 Å². The molecule has 0 saturated carbocycles. The highest BCUT2D eigenvalue weighted by atomic mass is 32.1. The van der Waals surface area contributed by atoms with Crippen LogP contribution in [-0.2, 0) is 0 Å². The highest BCUT2D eigenvalue weighted by molar-refractivity contribution is 7.26. The second kappa shape index (κ2) is 13.4. The molecule has 1 aromatic heterocycles. The molecule has 0 aliphatic rings. The zero-order valence-electron chi connectivity index (χ0n) is 30.6. The van der Waals surface area contributed by atoms with E-state index in [1.54, 1.807) is 0 Å². The zero-order chi connectivity index (χ0) is 37.0. The zero-order valence-corrected chi connectivity index (χ0v) is 31.4. The molecule has 2 heteroatoms. The number of anilines is 3. The number of para-hydroxylation sites is 1. The van der Waals surface area contributed by atoms with Gasteiger partial charge in [0.15, 0.2) is 0 Å². The van der Waals surface area contributed by atoms with E-state index < -0.39 is 0 Å². The van der Waals surface area contributed by atoms with E-state index in [2.05, 4.69) is 217 Å². The van der Waals surface area contributed by atoms with Crippen molar-refractivity contribution in [1.82, 2.24) is 0 Å². The summed E-state index contributed by atoms with van der Waals surface area (Å²) < 4.78 is 2.65. The molecule has 10 aromatic carbocycles. The standard InChI is InChI=1S/C54H35NS/c1-3-19-42-36(14-1)16-12-26-46(42)48-23-7-9-28-52(48)55(40-32-30-37(31-33-40)44-25-13-27-50-49-24-8-10-29-53(49)56-54(44)50)41-18-11-17-38(34-41)51-35-39-15-2-4-20-43(39)45-21-5-6-22-47(45)51/h1-35H. The molecule has 0 saturated heterocycles. The third kappa shape index (κ3) is 5.38. The molecule has 1 heterocycles. The summed E-state index contributed by atoms with van der Waals surface area (Å²) in [6.07, 6.45) is 0. The topological polar surface area (TPSA) is 3.24 Å². The number of hydrogen-bond acceptors (Lipinski definition) is 2. The summed E-state index contributed by atoms with van der Waals surface area (Å²) in [6, 6.07) is 77.7. The monoisotopic (exact) mass is 729 g/mol. The summed E-state index contributed by atoms with van der Waals surface area (Å²) >= 11 is 1.88. The molecule has 0 bridgehead atoms. The average Bonchev–Trinajstić information content (AvgIpc) is 3.66. The molecule has 11 aromatic rings. The Bertz CT molecular complexity index is 3260. The minimum Gasteiger partial charge on any atom is -0.310 e. The van der Waals surface area contributed by atoms with Crippen molar-refractivity contribution in [3.63, 3.8) is 0 Å². The van der Waals surface area contributed by atoms with Crippen molar-refractivity contribution in [3.05, 3.63) is 212 Å². The van der Waals surface area contributed by atoms with Gasteiger partial charge < -0.3 is 4.90 Å². The second-order valence-electron chi connectivity index (χ2n) is 14.4. The van der Waals surface area contributed by atoms with Gasteiger partial charge in [-0.3, -0.25) is 0 Å². The summed E-state index contributed by atoms with van der Waals surface area (Å²) in [5.74, 6) is 0.